The van der Waals surface area contributed by atoms with E-state index in [-0.39, 0.29) is 0 Å². The molecule has 0 radical (unpaired) electrons. The first kappa shape index (κ1) is 7.90. The average molecular weight is 173 g/mol. The van der Waals surface area contributed by atoms with Crippen molar-refractivity contribution in [1.82, 2.24) is 5.32 Å². The van der Waals surface area contributed by atoms with Gasteiger partial charge in [-0.25, -0.2) is 0 Å². The summed E-state index contributed by atoms with van der Waals surface area (Å²) in [5, 5.41) is 5.09. The van der Waals surface area contributed by atoms with Gasteiger partial charge in [0.15, 0.2) is 0 Å². The van der Waals surface area contributed by atoms with Gasteiger partial charge in [-0.3, -0.25) is 0 Å². The number of hydrogen-bond donors (Lipinski definition) is 1. The van der Waals surface area contributed by atoms with Gasteiger partial charge in [0.1, 0.15) is 0 Å². The maximum atomic E-state index is 5.14. The summed E-state index contributed by atoms with van der Waals surface area (Å²) in [6.07, 6.45) is 2.75. The molecule has 11 heavy (non-hydrogen) atoms. The Kier molecular flexibility index (Phi) is 2.72. The van der Waals surface area contributed by atoms with E-state index < -0.39 is 0 Å². The van der Waals surface area contributed by atoms with Crippen LogP contribution < -0.4 is 5.32 Å². The molecule has 2 heterocycles. The molecular weight excluding hydrogens is 158 g/mol. The Bertz CT molecular complexity index is 121. The minimum Gasteiger partial charge on any atom is -0.379 e. The third-order valence-corrected chi connectivity index (χ3v) is 3.69. The van der Waals surface area contributed by atoms with Gasteiger partial charge in [0.05, 0.1) is 18.5 Å². The molecule has 0 saturated carbocycles. The SMILES string of the molecule is C1CNCC(SC2COC2)C1. The van der Waals surface area contributed by atoms with Crippen LogP contribution in [0.3, 0.4) is 0 Å². The van der Waals surface area contributed by atoms with Crippen LogP contribution in [0.2, 0.25) is 0 Å². The van der Waals surface area contributed by atoms with Gasteiger partial charge in [-0.15, -0.1) is 11.8 Å². The largest absolute Gasteiger partial charge is 0.379 e. The average Bonchev–Trinajstić information content (AvgIpc) is 1.99. The highest BCUT2D eigenvalue weighted by molar-refractivity contribution is 8.00. The van der Waals surface area contributed by atoms with Crippen molar-refractivity contribution in [1.29, 1.82) is 0 Å². The quantitative estimate of drug-likeness (QED) is 0.669. The monoisotopic (exact) mass is 173 g/mol. The van der Waals surface area contributed by atoms with Crippen LogP contribution >= 0.6 is 11.8 Å². The molecule has 0 spiro atoms. The van der Waals surface area contributed by atoms with Gasteiger partial charge in [0, 0.05) is 11.8 Å². The van der Waals surface area contributed by atoms with Crippen LogP contribution in [0.1, 0.15) is 12.8 Å². The van der Waals surface area contributed by atoms with Crippen molar-refractivity contribution in [3.8, 4) is 0 Å². The Labute approximate surface area is 72.1 Å². The minimum absolute atomic E-state index is 0.805. The summed E-state index contributed by atoms with van der Waals surface area (Å²) < 4.78 is 5.14. The fourth-order valence-corrected chi connectivity index (χ4v) is 2.91. The van der Waals surface area contributed by atoms with Crippen molar-refractivity contribution in [2.75, 3.05) is 26.3 Å². The van der Waals surface area contributed by atoms with Gasteiger partial charge in [-0.05, 0) is 19.4 Å². The van der Waals surface area contributed by atoms with Gasteiger partial charge >= 0.3 is 0 Å². The molecule has 0 aliphatic carbocycles. The first-order valence-electron chi connectivity index (χ1n) is 4.39. The van der Waals surface area contributed by atoms with Crippen LogP contribution in [0.25, 0.3) is 0 Å². The highest BCUT2D eigenvalue weighted by atomic mass is 32.2. The number of ether oxygens (including phenoxy) is 1. The van der Waals surface area contributed by atoms with Crippen LogP contribution in [-0.4, -0.2) is 36.8 Å². The van der Waals surface area contributed by atoms with Crippen LogP contribution in [-0.2, 0) is 4.74 Å². The van der Waals surface area contributed by atoms with Crippen molar-refractivity contribution in [2.45, 2.75) is 23.3 Å². The normalized spacial score (nSPS) is 33.3. The van der Waals surface area contributed by atoms with Gasteiger partial charge in [0.2, 0.25) is 0 Å². The van der Waals surface area contributed by atoms with Gasteiger partial charge in [-0.2, -0.15) is 0 Å². The summed E-state index contributed by atoms with van der Waals surface area (Å²) in [4.78, 5) is 0. The second-order valence-electron chi connectivity index (χ2n) is 3.26. The first-order chi connectivity index (χ1) is 5.45. The summed E-state index contributed by atoms with van der Waals surface area (Å²) in [7, 11) is 0. The molecular formula is C8H15NOS. The van der Waals surface area contributed by atoms with Crippen molar-refractivity contribution >= 4 is 11.8 Å². The topological polar surface area (TPSA) is 21.3 Å². The second-order valence-corrected chi connectivity index (χ2v) is 4.87. The number of nitrogens with one attached hydrogen (secondary N) is 1. The zero-order valence-corrected chi connectivity index (χ0v) is 7.53. The highest BCUT2D eigenvalue weighted by Gasteiger charge is 2.24. The summed E-state index contributed by atoms with van der Waals surface area (Å²) >= 11 is 2.12. The molecule has 1 N–H and O–H groups in total. The van der Waals surface area contributed by atoms with E-state index in [4.69, 9.17) is 4.74 Å². The van der Waals surface area contributed by atoms with Gasteiger partial charge < -0.3 is 10.1 Å². The highest BCUT2D eigenvalue weighted by Crippen LogP contribution is 2.27. The lowest BCUT2D eigenvalue weighted by atomic mass is 10.2. The fraction of sp³-hybridized carbons (Fsp3) is 1.00. The molecule has 0 bridgehead atoms. The van der Waals surface area contributed by atoms with Crippen LogP contribution in [0.5, 0.6) is 0 Å². The molecule has 1 unspecified atom stereocenters. The third-order valence-electron chi connectivity index (χ3n) is 2.24. The van der Waals surface area contributed by atoms with Crippen molar-refractivity contribution < 1.29 is 4.74 Å². The fourth-order valence-electron chi connectivity index (χ4n) is 1.50. The van der Waals surface area contributed by atoms with E-state index in [9.17, 15) is 0 Å². The number of piperidine rings is 1. The standard InChI is InChI=1S/C8H15NOS/c1-2-7(4-9-3-1)11-8-5-10-6-8/h7-9H,1-6H2. The van der Waals surface area contributed by atoms with Crippen LogP contribution in [0, 0.1) is 0 Å². The zero-order chi connectivity index (χ0) is 7.52. The summed E-state index contributed by atoms with van der Waals surface area (Å²) in [6.45, 7) is 4.40. The lowest BCUT2D eigenvalue weighted by Crippen LogP contribution is -2.37. The molecule has 2 aliphatic heterocycles. The van der Waals surface area contributed by atoms with Gasteiger partial charge in [0.25, 0.3) is 0 Å². The predicted molar refractivity (Wildman–Crippen MR) is 48.1 cm³/mol. The van der Waals surface area contributed by atoms with Crippen molar-refractivity contribution in [3.05, 3.63) is 0 Å². The Balaban J connectivity index is 1.67. The Morgan fingerprint density at radius 2 is 2.18 bits per heavy atom. The molecule has 0 aromatic heterocycles. The Hall–Kier alpha value is 0.270. The second kappa shape index (κ2) is 3.78. The number of rotatable bonds is 2. The predicted octanol–water partition coefficient (Wildman–Crippen LogP) is 0.870. The molecule has 2 saturated heterocycles. The number of hydrogen-bond acceptors (Lipinski definition) is 3. The van der Waals surface area contributed by atoms with Crippen LogP contribution in [0.15, 0.2) is 0 Å². The van der Waals surface area contributed by atoms with Crippen LogP contribution in [0.4, 0.5) is 0 Å². The zero-order valence-electron chi connectivity index (χ0n) is 6.71. The molecule has 2 fully saturated rings. The minimum atomic E-state index is 0.805. The van der Waals surface area contributed by atoms with E-state index in [1.165, 1.54) is 25.9 Å². The van der Waals surface area contributed by atoms with Gasteiger partial charge in [-0.1, -0.05) is 0 Å². The lowest BCUT2D eigenvalue weighted by molar-refractivity contribution is 0.0452. The van der Waals surface area contributed by atoms with E-state index in [0.717, 1.165) is 23.7 Å². The molecule has 64 valence electrons. The third kappa shape index (κ3) is 2.10. The molecule has 1 atom stereocenters. The van der Waals surface area contributed by atoms with E-state index in [1.54, 1.807) is 0 Å². The van der Waals surface area contributed by atoms with E-state index in [2.05, 4.69) is 17.1 Å². The summed E-state index contributed by atoms with van der Waals surface area (Å²) in [5.41, 5.74) is 0. The summed E-state index contributed by atoms with van der Waals surface area (Å²) in [6, 6.07) is 0. The number of thioether (sulfide) groups is 1. The van der Waals surface area contributed by atoms with E-state index in [0.29, 0.717) is 0 Å². The molecule has 0 aromatic carbocycles. The Morgan fingerprint density at radius 3 is 2.73 bits per heavy atom. The maximum Gasteiger partial charge on any atom is 0.0608 e. The first-order valence-corrected chi connectivity index (χ1v) is 5.33. The molecule has 0 amide bonds. The smallest absolute Gasteiger partial charge is 0.0608 e. The maximum absolute atomic E-state index is 5.14. The molecule has 2 aliphatic rings. The van der Waals surface area contributed by atoms with E-state index >= 15 is 0 Å². The molecule has 2 nitrogen and oxygen atoms in total. The summed E-state index contributed by atoms with van der Waals surface area (Å²) in [5.74, 6) is 0. The van der Waals surface area contributed by atoms with E-state index in [1.807, 2.05) is 0 Å². The Morgan fingerprint density at radius 1 is 1.27 bits per heavy atom. The lowest BCUT2D eigenvalue weighted by Gasteiger charge is -2.31. The van der Waals surface area contributed by atoms with Crippen molar-refractivity contribution in [3.63, 3.8) is 0 Å². The molecule has 2 rings (SSSR count). The molecule has 0 aromatic rings. The molecule has 3 heteroatoms. The van der Waals surface area contributed by atoms with Crippen molar-refractivity contribution in [2.24, 2.45) is 0 Å².